The van der Waals surface area contributed by atoms with Gasteiger partial charge in [-0.1, -0.05) is 6.92 Å². The predicted molar refractivity (Wildman–Crippen MR) is 58.5 cm³/mol. The molecule has 0 aliphatic heterocycles. The third-order valence-electron chi connectivity index (χ3n) is 2.37. The minimum atomic E-state index is 0.816. The third-order valence-corrected chi connectivity index (χ3v) is 2.37. The topological polar surface area (TPSA) is 35.6 Å². The molecular weight excluding hydrogens is 188 g/mol. The molecule has 0 amide bonds. The average molecular weight is 204 g/mol. The number of hydrogen-bond donors (Lipinski definition) is 0. The summed E-state index contributed by atoms with van der Waals surface area (Å²) in [6, 6.07) is 0. The highest BCUT2D eigenvalue weighted by Crippen LogP contribution is 2.05. The van der Waals surface area contributed by atoms with E-state index in [1.54, 1.807) is 0 Å². The van der Waals surface area contributed by atoms with E-state index in [0.29, 0.717) is 0 Å². The predicted octanol–water partition coefficient (Wildman–Crippen LogP) is 1.62. The fourth-order valence-electron chi connectivity index (χ4n) is 1.66. The van der Waals surface area contributed by atoms with Crippen LogP contribution in [0.3, 0.4) is 0 Å². The van der Waals surface area contributed by atoms with E-state index in [1.807, 2.05) is 36.5 Å². The second-order valence-electron chi connectivity index (χ2n) is 3.75. The Bertz CT molecular complexity index is 427. The van der Waals surface area contributed by atoms with Gasteiger partial charge >= 0.3 is 0 Å². The molecule has 0 aliphatic carbocycles. The molecule has 0 saturated carbocycles. The van der Waals surface area contributed by atoms with Crippen LogP contribution in [-0.4, -0.2) is 19.1 Å². The van der Waals surface area contributed by atoms with E-state index >= 15 is 0 Å². The van der Waals surface area contributed by atoms with Gasteiger partial charge in [0.05, 0.1) is 18.6 Å². The minimum Gasteiger partial charge on any atom is -0.340 e. The van der Waals surface area contributed by atoms with Gasteiger partial charge in [-0.2, -0.15) is 0 Å². The van der Waals surface area contributed by atoms with Gasteiger partial charge in [-0.15, -0.1) is 0 Å². The summed E-state index contributed by atoms with van der Waals surface area (Å²) in [4.78, 5) is 8.64. The molecule has 0 aromatic carbocycles. The van der Waals surface area contributed by atoms with Gasteiger partial charge in [0.1, 0.15) is 5.82 Å². The molecule has 0 bridgehead atoms. The first-order valence-electron chi connectivity index (χ1n) is 5.26. The van der Waals surface area contributed by atoms with E-state index in [9.17, 15) is 0 Å². The maximum atomic E-state index is 4.34. The summed E-state index contributed by atoms with van der Waals surface area (Å²) >= 11 is 0. The first-order chi connectivity index (χ1) is 7.29. The fraction of sp³-hybridized carbons (Fsp3) is 0.455. The highest BCUT2D eigenvalue weighted by Gasteiger charge is 2.03. The van der Waals surface area contributed by atoms with Crippen LogP contribution in [0.25, 0.3) is 0 Å². The Labute approximate surface area is 89.6 Å². The molecule has 2 aromatic rings. The standard InChI is InChI=1S/C11H16N4/c1-3-4-11-12-5-6-15(11)8-10-7-14(2)9-13-10/h5-7,9H,3-4,8H2,1-2H3. The van der Waals surface area contributed by atoms with Crippen molar-refractivity contribution in [3.8, 4) is 0 Å². The van der Waals surface area contributed by atoms with Crippen molar-refractivity contribution in [2.24, 2.45) is 7.05 Å². The molecule has 0 radical (unpaired) electrons. The Morgan fingerprint density at radius 2 is 2.20 bits per heavy atom. The Morgan fingerprint density at radius 1 is 1.33 bits per heavy atom. The molecule has 4 heteroatoms. The molecule has 0 spiro atoms. The molecule has 0 fully saturated rings. The number of imidazole rings is 2. The Kier molecular flexibility index (Phi) is 2.85. The van der Waals surface area contributed by atoms with Crippen LogP contribution in [0, 0.1) is 0 Å². The van der Waals surface area contributed by atoms with Crippen molar-refractivity contribution in [2.75, 3.05) is 0 Å². The van der Waals surface area contributed by atoms with Gasteiger partial charge in [0, 0.05) is 32.1 Å². The average Bonchev–Trinajstić information content (AvgIpc) is 2.78. The summed E-state index contributed by atoms with van der Waals surface area (Å²) in [6.07, 6.45) is 9.88. The highest BCUT2D eigenvalue weighted by atomic mass is 15.1. The van der Waals surface area contributed by atoms with Gasteiger partial charge in [-0.3, -0.25) is 0 Å². The maximum absolute atomic E-state index is 4.34. The fourth-order valence-corrected chi connectivity index (χ4v) is 1.66. The normalized spacial score (nSPS) is 10.8. The molecule has 0 N–H and O–H groups in total. The lowest BCUT2D eigenvalue weighted by Crippen LogP contribution is -2.04. The minimum absolute atomic E-state index is 0.816. The zero-order valence-electron chi connectivity index (χ0n) is 9.22. The summed E-state index contributed by atoms with van der Waals surface area (Å²) in [6.45, 7) is 2.98. The maximum Gasteiger partial charge on any atom is 0.108 e. The van der Waals surface area contributed by atoms with Crippen molar-refractivity contribution in [3.05, 3.63) is 36.4 Å². The SMILES string of the molecule is CCCc1nccn1Cc1cn(C)cn1. The van der Waals surface area contributed by atoms with Crippen LogP contribution in [-0.2, 0) is 20.0 Å². The number of rotatable bonds is 4. The Morgan fingerprint density at radius 3 is 2.87 bits per heavy atom. The summed E-state index contributed by atoms with van der Waals surface area (Å²) in [7, 11) is 1.98. The van der Waals surface area contributed by atoms with Gasteiger partial charge in [-0.25, -0.2) is 9.97 Å². The summed E-state index contributed by atoms with van der Waals surface area (Å²) in [5, 5.41) is 0. The van der Waals surface area contributed by atoms with E-state index in [2.05, 4.69) is 21.5 Å². The lowest BCUT2D eigenvalue weighted by Gasteiger charge is -2.04. The van der Waals surface area contributed by atoms with Crippen LogP contribution < -0.4 is 0 Å². The van der Waals surface area contributed by atoms with E-state index in [4.69, 9.17) is 0 Å². The van der Waals surface area contributed by atoms with Crippen LogP contribution >= 0.6 is 0 Å². The lowest BCUT2D eigenvalue weighted by molar-refractivity contribution is 0.695. The van der Waals surface area contributed by atoms with E-state index < -0.39 is 0 Å². The van der Waals surface area contributed by atoms with E-state index in [-0.39, 0.29) is 0 Å². The summed E-state index contributed by atoms with van der Waals surface area (Å²) < 4.78 is 4.12. The monoisotopic (exact) mass is 204 g/mol. The molecule has 4 nitrogen and oxygen atoms in total. The van der Waals surface area contributed by atoms with Crippen LogP contribution in [0.4, 0.5) is 0 Å². The Balaban J connectivity index is 2.13. The smallest absolute Gasteiger partial charge is 0.108 e. The Hall–Kier alpha value is -1.58. The molecule has 2 aromatic heterocycles. The van der Waals surface area contributed by atoms with Crippen molar-refractivity contribution < 1.29 is 0 Å². The van der Waals surface area contributed by atoms with Crippen molar-refractivity contribution in [3.63, 3.8) is 0 Å². The van der Waals surface area contributed by atoms with Crippen LogP contribution in [0.1, 0.15) is 24.9 Å². The van der Waals surface area contributed by atoms with Crippen molar-refractivity contribution in [2.45, 2.75) is 26.3 Å². The molecule has 0 unspecified atom stereocenters. The zero-order valence-corrected chi connectivity index (χ0v) is 9.22. The van der Waals surface area contributed by atoms with Gasteiger partial charge < -0.3 is 9.13 Å². The van der Waals surface area contributed by atoms with Crippen LogP contribution in [0.15, 0.2) is 24.9 Å². The second-order valence-corrected chi connectivity index (χ2v) is 3.75. The van der Waals surface area contributed by atoms with Gasteiger partial charge in [0.25, 0.3) is 0 Å². The first kappa shape index (κ1) is 9.96. The molecule has 15 heavy (non-hydrogen) atoms. The van der Waals surface area contributed by atoms with E-state index in [0.717, 1.165) is 30.9 Å². The summed E-state index contributed by atoms with van der Waals surface area (Å²) in [5.41, 5.74) is 1.08. The van der Waals surface area contributed by atoms with Crippen molar-refractivity contribution in [1.29, 1.82) is 0 Å². The number of hydrogen-bond acceptors (Lipinski definition) is 2. The van der Waals surface area contributed by atoms with E-state index in [1.165, 1.54) is 0 Å². The first-order valence-corrected chi connectivity index (χ1v) is 5.26. The quantitative estimate of drug-likeness (QED) is 0.758. The molecule has 2 rings (SSSR count). The summed E-state index contributed by atoms with van der Waals surface area (Å²) in [5.74, 6) is 1.14. The van der Waals surface area contributed by atoms with Gasteiger partial charge in [-0.05, 0) is 6.42 Å². The van der Waals surface area contributed by atoms with Gasteiger partial charge in [0.15, 0.2) is 0 Å². The second kappa shape index (κ2) is 4.29. The van der Waals surface area contributed by atoms with Crippen LogP contribution in [0.5, 0.6) is 0 Å². The third kappa shape index (κ3) is 2.26. The number of aryl methyl sites for hydroxylation is 2. The molecule has 80 valence electrons. The molecule has 0 atom stereocenters. The van der Waals surface area contributed by atoms with Crippen molar-refractivity contribution in [1.82, 2.24) is 19.1 Å². The highest BCUT2D eigenvalue weighted by molar-refractivity contribution is 5.01. The molecule has 2 heterocycles. The lowest BCUT2D eigenvalue weighted by atomic mass is 10.3. The van der Waals surface area contributed by atoms with Crippen LogP contribution in [0.2, 0.25) is 0 Å². The molecular formula is C11H16N4. The van der Waals surface area contributed by atoms with Gasteiger partial charge in [0.2, 0.25) is 0 Å². The zero-order chi connectivity index (χ0) is 10.7. The molecule has 0 aliphatic rings. The number of nitrogens with zero attached hydrogens (tertiary/aromatic N) is 4. The largest absolute Gasteiger partial charge is 0.340 e. The number of aromatic nitrogens is 4. The van der Waals surface area contributed by atoms with Crippen molar-refractivity contribution >= 4 is 0 Å². The molecule has 0 saturated heterocycles.